The van der Waals surface area contributed by atoms with Crippen LogP contribution in [0.15, 0.2) is 24.3 Å². The number of rotatable bonds is 3. The van der Waals surface area contributed by atoms with Crippen LogP contribution in [-0.2, 0) is 6.42 Å². The van der Waals surface area contributed by atoms with E-state index >= 15 is 0 Å². The Kier molecular flexibility index (Phi) is 3.99. The quantitative estimate of drug-likeness (QED) is 0.920. The van der Waals surface area contributed by atoms with Gasteiger partial charge in [0, 0.05) is 13.1 Å². The van der Waals surface area contributed by atoms with E-state index in [9.17, 15) is 5.11 Å². The smallest absolute Gasteiger partial charge is 0.123 e. The Labute approximate surface area is 121 Å². The lowest BCUT2D eigenvalue weighted by Gasteiger charge is -2.45. The minimum atomic E-state index is -0.270. The van der Waals surface area contributed by atoms with Crippen molar-refractivity contribution in [3.05, 3.63) is 29.8 Å². The maximum absolute atomic E-state index is 10.1. The summed E-state index contributed by atoms with van der Waals surface area (Å²) in [5.41, 5.74) is 1.35. The molecule has 1 aromatic carbocycles. The zero-order chi connectivity index (χ0) is 14.0. The van der Waals surface area contributed by atoms with Gasteiger partial charge < -0.3 is 9.84 Å². The monoisotopic (exact) mass is 275 g/mol. The van der Waals surface area contributed by atoms with Gasteiger partial charge >= 0.3 is 0 Å². The molecule has 0 saturated carbocycles. The first-order chi connectivity index (χ1) is 9.72. The van der Waals surface area contributed by atoms with Crippen LogP contribution >= 0.6 is 0 Å². The van der Waals surface area contributed by atoms with Crippen LogP contribution in [0.1, 0.15) is 44.6 Å². The largest absolute Gasteiger partial charge is 0.487 e. The van der Waals surface area contributed by atoms with Gasteiger partial charge in [-0.25, -0.2) is 0 Å². The molecule has 1 saturated heterocycles. The molecule has 0 amide bonds. The molecule has 0 aliphatic carbocycles. The second-order valence-corrected chi connectivity index (χ2v) is 6.20. The van der Waals surface area contributed by atoms with E-state index in [-0.39, 0.29) is 11.8 Å². The van der Waals surface area contributed by atoms with Gasteiger partial charge in [-0.05, 0) is 43.7 Å². The standard InChI is InChI=1S/C17H25NO2/c1-2-5-16(19)18-12-10-17(11-13-18)9-8-14-6-3-4-7-15(14)20-17/h3-4,6-7,16,19H,2,5,8-13H2,1H3. The first kappa shape index (κ1) is 13.9. The Morgan fingerprint density at radius 2 is 2.00 bits per heavy atom. The van der Waals surface area contributed by atoms with E-state index in [4.69, 9.17) is 4.74 Å². The highest BCUT2D eigenvalue weighted by molar-refractivity contribution is 5.36. The van der Waals surface area contributed by atoms with E-state index in [0.29, 0.717) is 0 Å². The van der Waals surface area contributed by atoms with Crippen molar-refractivity contribution in [2.24, 2.45) is 0 Å². The minimum absolute atomic E-state index is 0.0107. The predicted molar refractivity (Wildman–Crippen MR) is 79.8 cm³/mol. The number of benzene rings is 1. The van der Waals surface area contributed by atoms with E-state index in [1.54, 1.807) is 0 Å². The van der Waals surface area contributed by atoms with E-state index in [1.807, 2.05) is 0 Å². The van der Waals surface area contributed by atoms with Gasteiger partial charge in [0.25, 0.3) is 0 Å². The molecule has 1 N–H and O–H groups in total. The van der Waals surface area contributed by atoms with Crippen LogP contribution in [0, 0.1) is 0 Å². The highest BCUT2D eigenvalue weighted by atomic mass is 16.5. The Bertz CT molecular complexity index is 452. The zero-order valence-corrected chi connectivity index (χ0v) is 12.3. The summed E-state index contributed by atoms with van der Waals surface area (Å²) in [5.74, 6) is 1.07. The van der Waals surface area contributed by atoms with Crippen LogP contribution in [-0.4, -0.2) is 34.9 Å². The Morgan fingerprint density at radius 1 is 1.25 bits per heavy atom. The van der Waals surface area contributed by atoms with Crippen molar-refractivity contribution in [2.45, 2.75) is 57.3 Å². The molecule has 1 atom stereocenters. The summed E-state index contributed by atoms with van der Waals surface area (Å²) >= 11 is 0. The molecule has 0 aromatic heterocycles. The molecule has 110 valence electrons. The average molecular weight is 275 g/mol. The number of aliphatic hydroxyl groups excluding tert-OH is 1. The van der Waals surface area contributed by atoms with Gasteiger partial charge in [-0.2, -0.15) is 0 Å². The number of aliphatic hydroxyl groups is 1. The van der Waals surface area contributed by atoms with E-state index < -0.39 is 0 Å². The van der Waals surface area contributed by atoms with Gasteiger partial charge in [-0.1, -0.05) is 31.5 Å². The second-order valence-electron chi connectivity index (χ2n) is 6.20. The third-order valence-electron chi connectivity index (χ3n) is 4.83. The summed E-state index contributed by atoms with van der Waals surface area (Å²) < 4.78 is 6.34. The number of hydrogen-bond donors (Lipinski definition) is 1. The molecule has 3 heteroatoms. The van der Waals surface area contributed by atoms with Crippen LogP contribution in [0.3, 0.4) is 0 Å². The summed E-state index contributed by atoms with van der Waals surface area (Å²) in [6.45, 7) is 4.02. The molecular weight excluding hydrogens is 250 g/mol. The Balaban J connectivity index is 1.63. The first-order valence-electron chi connectivity index (χ1n) is 7.91. The number of para-hydroxylation sites is 1. The minimum Gasteiger partial charge on any atom is -0.487 e. The third-order valence-corrected chi connectivity index (χ3v) is 4.83. The molecule has 1 aromatic rings. The number of fused-ring (bicyclic) bond motifs is 1. The molecule has 2 aliphatic heterocycles. The Hall–Kier alpha value is -1.06. The fourth-order valence-electron chi connectivity index (χ4n) is 3.48. The maximum atomic E-state index is 10.1. The number of piperidine rings is 1. The van der Waals surface area contributed by atoms with Crippen molar-refractivity contribution < 1.29 is 9.84 Å². The highest BCUT2D eigenvalue weighted by Gasteiger charge is 2.40. The van der Waals surface area contributed by atoms with Crippen molar-refractivity contribution in [1.82, 2.24) is 4.90 Å². The van der Waals surface area contributed by atoms with Crippen molar-refractivity contribution in [3.8, 4) is 5.75 Å². The number of hydrogen-bond acceptors (Lipinski definition) is 3. The third kappa shape index (κ3) is 2.70. The predicted octanol–water partition coefficient (Wildman–Crippen LogP) is 2.96. The highest BCUT2D eigenvalue weighted by Crippen LogP contribution is 2.39. The second kappa shape index (κ2) is 5.74. The number of ether oxygens (including phenoxy) is 1. The van der Waals surface area contributed by atoms with Crippen molar-refractivity contribution in [2.75, 3.05) is 13.1 Å². The number of likely N-dealkylation sites (tertiary alicyclic amines) is 1. The summed E-state index contributed by atoms with van der Waals surface area (Å²) in [5, 5.41) is 10.1. The summed E-state index contributed by atoms with van der Waals surface area (Å²) in [4.78, 5) is 2.21. The van der Waals surface area contributed by atoms with Crippen LogP contribution < -0.4 is 4.74 Å². The number of nitrogens with zero attached hydrogens (tertiary/aromatic N) is 1. The molecule has 2 aliphatic rings. The van der Waals surface area contributed by atoms with E-state index in [1.165, 1.54) is 5.56 Å². The molecule has 20 heavy (non-hydrogen) atoms. The molecule has 1 unspecified atom stereocenters. The SMILES string of the molecule is CCCC(O)N1CCC2(CCc3ccccc3O2)CC1. The molecular formula is C17H25NO2. The molecule has 1 spiro atoms. The van der Waals surface area contributed by atoms with Crippen LogP contribution in [0.4, 0.5) is 0 Å². The lowest BCUT2D eigenvalue weighted by molar-refractivity contribution is -0.0720. The van der Waals surface area contributed by atoms with Crippen LogP contribution in [0.25, 0.3) is 0 Å². The first-order valence-corrected chi connectivity index (χ1v) is 7.91. The van der Waals surface area contributed by atoms with Crippen molar-refractivity contribution >= 4 is 0 Å². The zero-order valence-electron chi connectivity index (χ0n) is 12.3. The van der Waals surface area contributed by atoms with Gasteiger partial charge in [0.1, 0.15) is 17.6 Å². The van der Waals surface area contributed by atoms with Crippen molar-refractivity contribution in [1.29, 1.82) is 0 Å². The normalized spacial score (nSPS) is 23.1. The lowest BCUT2D eigenvalue weighted by atomic mass is 9.83. The molecule has 3 rings (SSSR count). The van der Waals surface area contributed by atoms with Gasteiger partial charge in [0.2, 0.25) is 0 Å². The lowest BCUT2D eigenvalue weighted by Crippen LogP contribution is -2.52. The summed E-state index contributed by atoms with van der Waals surface area (Å²) in [6, 6.07) is 8.40. The van der Waals surface area contributed by atoms with Gasteiger partial charge in [-0.15, -0.1) is 0 Å². The summed E-state index contributed by atoms with van der Waals surface area (Å²) in [7, 11) is 0. The van der Waals surface area contributed by atoms with E-state index in [0.717, 1.165) is 57.4 Å². The van der Waals surface area contributed by atoms with Crippen LogP contribution in [0.2, 0.25) is 0 Å². The molecule has 0 bridgehead atoms. The molecule has 0 radical (unpaired) electrons. The van der Waals surface area contributed by atoms with Crippen molar-refractivity contribution in [3.63, 3.8) is 0 Å². The fraction of sp³-hybridized carbons (Fsp3) is 0.647. The van der Waals surface area contributed by atoms with Gasteiger partial charge in [0.05, 0.1) is 0 Å². The van der Waals surface area contributed by atoms with Crippen LogP contribution in [0.5, 0.6) is 5.75 Å². The molecule has 3 nitrogen and oxygen atoms in total. The topological polar surface area (TPSA) is 32.7 Å². The van der Waals surface area contributed by atoms with Gasteiger partial charge in [-0.3, -0.25) is 4.90 Å². The maximum Gasteiger partial charge on any atom is 0.123 e. The number of aryl methyl sites for hydroxylation is 1. The van der Waals surface area contributed by atoms with Gasteiger partial charge in [0.15, 0.2) is 0 Å². The Morgan fingerprint density at radius 3 is 2.75 bits per heavy atom. The average Bonchev–Trinajstić information content (AvgIpc) is 2.48. The molecule has 2 heterocycles. The summed E-state index contributed by atoms with van der Waals surface area (Å²) in [6.07, 6.45) is 5.93. The molecule has 1 fully saturated rings. The fourth-order valence-corrected chi connectivity index (χ4v) is 3.48. The van der Waals surface area contributed by atoms with E-state index in [2.05, 4.69) is 36.1 Å².